The molecular weight excluding hydrogens is 374 g/mol. The van der Waals surface area contributed by atoms with Crippen LogP contribution in [0.3, 0.4) is 0 Å². The van der Waals surface area contributed by atoms with Crippen LogP contribution in [0.15, 0.2) is 21.7 Å². The van der Waals surface area contributed by atoms with Gasteiger partial charge in [0.25, 0.3) is 5.56 Å². The number of aromatic amines is 1. The van der Waals surface area contributed by atoms with E-state index in [1.807, 2.05) is 15.5 Å². The van der Waals surface area contributed by atoms with Crippen molar-refractivity contribution in [1.29, 1.82) is 0 Å². The Bertz CT molecular complexity index is 1070. The van der Waals surface area contributed by atoms with Crippen molar-refractivity contribution in [3.63, 3.8) is 0 Å². The minimum atomic E-state index is -0.708. The summed E-state index contributed by atoms with van der Waals surface area (Å²) in [6.45, 7) is 5.90. The summed E-state index contributed by atoms with van der Waals surface area (Å²) in [7, 11) is 0. The molecule has 1 aromatic rings. The molecule has 0 saturated heterocycles. The highest BCUT2D eigenvalue weighted by molar-refractivity contribution is 5.81. The van der Waals surface area contributed by atoms with E-state index in [2.05, 4.69) is 34.9 Å². The van der Waals surface area contributed by atoms with Gasteiger partial charge in [-0.05, 0) is 36.1 Å². The van der Waals surface area contributed by atoms with Crippen LogP contribution in [-0.4, -0.2) is 67.5 Å². The number of hydrogen-bond acceptors (Lipinski definition) is 7. The lowest BCUT2D eigenvalue weighted by Gasteiger charge is -2.23. The average Bonchev–Trinajstić information content (AvgIpc) is 2.70. The first-order valence-corrected chi connectivity index (χ1v) is 9.92. The van der Waals surface area contributed by atoms with Crippen molar-refractivity contribution < 1.29 is 10.2 Å². The average molecular weight is 401 g/mol. The van der Waals surface area contributed by atoms with Gasteiger partial charge in [-0.25, -0.2) is 9.78 Å². The van der Waals surface area contributed by atoms with Gasteiger partial charge in [0.1, 0.15) is 0 Å². The van der Waals surface area contributed by atoms with E-state index in [-0.39, 0.29) is 24.7 Å². The quantitative estimate of drug-likeness (QED) is 0.431. The molecule has 0 radical (unpaired) electrons. The Morgan fingerprint density at radius 1 is 1.00 bits per heavy atom. The van der Waals surface area contributed by atoms with Gasteiger partial charge in [0.05, 0.1) is 24.2 Å². The highest BCUT2D eigenvalue weighted by Gasteiger charge is 2.20. The van der Waals surface area contributed by atoms with E-state index in [0.29, 0.717) is 31.7 Å². The van der Waals surface area contributed by atoms with E-state index in [4.69, 9.17) is 0 Å². The molecule has 0 fully saturated rings. The third kappa shape index (κ3) is 4.36. The van der Waals surface area contributed by atoms with Crippen LogP contribution >= 0.6 is 0 Å². The maximum Gasteiger partial charge on any atom is 0.349 e. The highest BCUT2D eigenvalue weighted by atomic mass is 16.3. The first kappa shape index (κ1) is 21.1. The maximum absolute atomic E-state index is 12.4. The predicted molar refractivity (Wildman–Crippen MR) is 110 cm³/mol. The number of aromatic nitrogens is 4. The van der Waals surface area contributed by atoms with Crippen LogP contribution in [-0.2, 0) is 19.4 Å². The SMILES string of the molecule is CCc1cc2nc3c(=O)[nH]c(=O)nc-3n(CCN(CCO)CCO)c2cc1CC. The molecule has 0 aliphatic carbocycles. The van der Waals surface area contributed by atoms with Crippen molar-refractivity contribution in [1.82, 2.24) is 24.4 Å². The van der Waals surface area contributed by atoms with Crippen LogP contribution < -0.4 is 11.2 Å². The minimum absolute atomic E-state index is 0.0228. The summed E-state index contributed by atoms with van der Waals surface area (Å²) < 4.78 is 1.84. The van der Waals surface area contributed by atoms with E-state index in [1.165, 1.54) is 11.1 Å². The van der Waals surface area contributed by atoms with Crippen molar-refractivity contribution >= 4 is 11.0 Å². The highest BCUT2D eigenvalue weighted by Crippen LogP contribution is 2.25. The molecule has 3 rings (SSSR count). The summed E-state index contributed by atoms with van der Waals surface area (Å²) in [6, 6.07) is 4.05. The Morgan fingerprint density at radius 2 is 1.66 bits per heavy atom. The molecule has 0 amide bonds. The Morgan fingerprint density at radius 3 is 2.28 bits per heavy atom. The molecule has 2 heterocycles. The third-order valence-electron chi connectivity index (χ3n) is 5.16. The van der Waals surface area contributed by atoms with Gasteiger partial charge in [-0.3, -0.25) is 14.7 Å². The lowest BCUT2D eigenvalue weighted by Crippen LogP contribution is -2.34. The van der Waals surface area contributed by atoms with Crippen LogP contribution in [0.5, 0.6) is 0 Å². The summed E-state index contributed by atoms with van der Waals surface area (Å²) in [6.07, 6.45) is 1.71. The van der Waals surface area contributed by atoms with Crippen molar-refractivity contribution in [2.24, 2.45) is 0 Å². The fourth-order valence-corrected chi connectivity index (χ4v) is 3.67. The van der Waals surface area contributed by atoms with Crippen LogP contribution in [0, 0.1) is 0 Å². The molecule has 0 saturated carbocycles. The topological polar surface area (TPSA) is 124 Å². The summed E-state index contributed by atoms with van der Waals surface area (Å²) in [5, 5.41) is 18.5. The standard InChI is InChI=1S/C20H27N5O4/c1-3-13-11-15-16(12-14(13)4-2)25(6-5-24(7-9-26)8-10-27)18-17(21-15)19(28)23-20(29)22-18/h11-12,26-27H,3-10H2,1-2H3,(H,23,28,29). The molecule has 3 N–H and O–H groups in total. The molecule has 29 heavy (non-hydrogen) atoms. The number of benzene rings is 1. The molecule has 9 heteroatoms. The van der Waals surface area contributed by atoms with E-state index in [0.717, 1.165) is 18.4 Å². The van der Waals surface area contributed by atoms with E-state index >= 15 is 0 Å². The van der Waals surface area contributed by atoms with Gasteiger partial charge in [0.2, 0.25) is 0 Å². The number of aliphatic hydroxyl groups excluding tert-OH is 2. The fourth-order valence-electron chi connectivity index (χ4n) is 3.67. The van der Waals surface area contributed by atoms with Gasteiger partial charge in [0.15, 0.2) is 11.5 Å². The molecule has 0 unspecified atom stereocenters. The van der Waals surface area contributed by atoms with Crippen LogP contribution in [0.2, 0.25) is 0 Å². The van der Waals surface area contributed by atoms with Crippen LogP contribution in [0.1, 0.15) is 25.0 Å². The molecule has 0 spiro atoms. The van der Waals surface area contributed by atoms with Crippen LogP contribution in [0.25, 0.3) is 22.6 Å². The molecule has 9 nitrogen and oxygen atoms in total. The molecule has 2 aliphatic heterocycles. The van der Waals surface area contributed by atoms with Crippen molar-refractivity contribution in [3.05, 3.63) is 44.1 Å². The van der Waals surface area contributed by atoms with Crippen molar-refractivity contribution in [3.8, 4) is 11.5 Å². The molecule has 2 aliphatic rings. The summed E-state index contributed by atoms with van der Waals surface area (Å²) in [4.78, 5) is 36.9. The Balaban J connectivity index is 2.21. The van der Waals surface area contributed by atoms with Gasteiger partial charge in [-0.1, -0.05) is 13.8 Å². The van der Waals surface area contributed by atoms with E-state index in [9.17, 15) is 19.8 Å². The lowest BCUT2D eigenvalue weighted by molar-refractivity contribution is 0.158. The summed E-state index contributed by atoms with van der Waals surface area (Å²) in [5.74, 6) is 0.241. The first-order chi connectivity index (χ1) is 14.0. The molecule has 0 atom stereocenters. The summed E-state index contributed by atoms with van der Waals surface area (Å²) in [5.41, 5.74) is 2.69. The van der Waals surface area contributed by atoms with Gasteiger partial charge in [-0.15, -0.1) is 0 Å². The van der Waals surface area contributed by atoms with Crippen LogP contribution in [0.4, 0.5) is 0 Å². The third-order valence-corrected chi connectivity index (χ3v) is 5.16. The number of aryl methyl sites for hydroxylation is 2. The van der Waals surface area contributed by atoms with Gasteiger partial charge < -0.3 is 14.8 Å². The predicted octanol–water partition coefficient (Wildman–Crippen LogP) is -0.00400. The second-order valence-electron chi connectivity index (χ2n) is 6.91. The van der Waals surface area contributed by atoms with E-state index < -0.39 is 11.2 Å². The Kier molecular flexibility index (Phi) is 6.73. The zero-order valence-electron chi connectivity index (χ0n) is 16.8. The van der Waals surface area contributed by atoms with Gasteiger partial charge >= 0.3 is 5.69 Å². The second kappa shape index (κ2) is 9.25. The number of nitrogens with zero attached hydrogens (tertiary/aromatic N) is 4. The molecule has 1 aromatic carbocycles. The summed E-state index contributed by atoms with van der Waals surface area (Å²) >= 11 is 0. The van der Waals surface area contributed by atoms with E-state index in [1.54, 1.807) is 0 Å². The normalized spacial score (nSPS) is 11.8. The largest absolute Gasteiger partial charge is 0.395 e. The number of H-pyrrole nitrogens is 1. The Labute approximate surface area is 168 Å². The first-order valence-electron chi connectivity index (χ1n) is 9.92. The van der Waals surface area contributed by atoms with Crippen molar-refractivity contribution in [2.45, 2.75) is 33.2 Å². The minimum Gasteiger partial charge on any atom is -0.395 e. The maximum atomic E-state index is 12.4. The number of aliphatic hydroxyl groups is 2. The fraction of sp³-hybridized carbons (Fsp3) is 0.500. The molecular formula is C20H27N5O4. The zero-order chi connectivity index (χ0) is 21.0. The van der Waals surface area contributed by atoms with Crippen molar-refractivity contribution in [2.75, 3.05) is 32.8 Å². The molecule has 0 aromatic heterocycles. The molecule has 0 bridgehead atoms. The lowest BCUT2D eigenvalue weighted by atomic mass is 10.0. The van der Waals surface area contributed by atoms with Gasteiger partial charge in [0, 0.05) is 26.2 Å². The number of fused-ring (bicyclic) bond motifs is 2. The smallest absolute Gasteiger partial charge is 0.349 e. The number of nitrogens with one attached hydrogen (secondary N) is 1. The second-order valence-corrected chi connectivity index (χ2v) is 6.91. The molecule has 156 valence electrons. The number of rotatable bonds is 9. The van der Waals surface area contributed by atoms with Gasteiger partial charge in [-0.2, -0.15) is 4.98 Å². The monoisotopic (exact) mass is 401 g/mol. The zero-order valence-corrected chi connectivity index (χ0v) is 16.8. The Hall–Kier alpha value is -2.62. The number of hydrogen-bond donors (Lipinski definition) is 3.